The lowest BCUT2D eigenvalue weighted by Gasteiger charge is -2.29. The van der Waals surface area contributed by atoms with E-state index in [0.29, 0.717) is 16.8 Å². The van der Waals surface area contributed by atoms with E-state index < -0.39 is 0 Å². The zero-order valence-electron chi connectivity index (χ0n) is 24.6. The van der Waals surface area contributed by atoms with E-state index in [0.717, 1.165) is 40.8 Å². The van der Waals surface area contributed by atoms with E-state index in [9.17, 15) is 9.59 Å². The molecule has 0 radical (unpaired) electrons. The van der Waals surface area contributed by atoms with Gasteiger partial charge in [0.25, 0.3) is 11.8 Å². The lowest BCUT2D eigenvalue weighted by atomic mass is 9.76. The van der Waals surface area contributed by atoms with Gasteiger partial charge in [0.05, 0.1) is 11.4 Å². The van der Waals surface area contributed by atoms with Gasteiger partial charge >= 0.3 is 0 Å². The first-order chi connectivity index (χ1) is 22.2. The normalized spacial score (nSPS) is 15.6. The van der Waals surface area contributed by atoms with Crippen molar-refractivity contribution in [2.24, 2.45) is 16.1 Å². The summed E-state index contributed by atoms with van der Waals surface area (Å²) in [4.78, 5) is 26.1. The maximum absolute atomic E-state index is 13.1. The van der Waals surface area contributed by atoms with Crippen LogP contribution in [-0.4, -0.2) is 23.2 Å². The minimum absolute atomic E-state index is 0.169. The van der Waals surface area contributed by atoms with Crippen LogP contribution in [0.5, 0.6) is 0 Å². The topological polar surface area (TPSA) is 82.9 Å². The molecule has 6 rings (SSSR count). The van der Waals surface area contributed by atoms with Gasteiger partial charge in [0.15, 0.2) is 0 Å². The molecule has 0 bridgehead atoms. The van der Waals surface area contributed by atoms with Gasteiger partial charge in [-0.2, -0.15) is 10.2 Å². The van der Waals surface area contributed by atoms with Crippen molar-refractivity contribution >= 4 is 28.8 Å². The Hall–Kier alpha value is -5.88. The first-order valence-corrected chi connectivity index (χ1v) is 14.9. The average molecular weight is 589 g/mol. The smallest absolute Gasteiger partial charge is 0.267 e. The molecule has 0 spiro atoms. The van der Waals surface area contributed by atoms with E-state index in [2.05, 4.69) is 40.2 Å². The molecule has 0 aliphatic heterocycles. The SMILES string of the molecule is O=C(N/N=C(/C=C(\c1ccccc1)C1CCc2ccccc2/C1=N\NC(=O)c1ccccc1)c1ccccc1)c1ccccc1. The van der Waals surface area contributed by atoms with Crippen molar-refractivity contribution in [1.29, 1.82) is 0 Å². The maximum Gasteiger partial charge on any atom is 0.271 e. The molecule has 2 N–H and O–H groups in total. The zero-order chi connectivity index (χ0) is 30.8. The Labute approximate surface area is 262 Å². The number of nitrogens with one attached hydrogen (secondary N) is 2. The van der Waals surface area contributed by atoms with Crippen molar-refractivity contribution in [3.05, 3.63) is 185 Å². The quantitative estimate of drug-likeness (QED) is 0.147. The number of carbonyl (C=O) groups is 2. The van der Waals surface area contributed by atoms with Crippen molar-refractivity contribution in [3.63, 3.8) is 0 Å². The Balaban J connectivity index is 1.45. The van der Waals surface area contributed by atoms with Crippen LogP contribution in [0.1, 0.15) is 49.4 Å². The minimum Gasteiger partial charge on any atom is -0.267 e. The summed E-state index contributed by atoms with van der Waals surface area (Å²) < 4.78 is 0. The summed E-state index contributed by atoms with van der Waals surface area (Å²) in [5.41, 5.74) is 13.0. The number of aryl methyl sites for hydroxylation is 1. The summed E-state index contributed by atoms with van der Waals surface area (Å²) in [6.07, 6.45) is 3.65. The summed E-state index contributed by atoms with van der Waals surface area (Å²) >= 11 is 0. The van der Waals surface area contributed by atoms with E-state index in [1.807, 2.05) is 103 Å². The minimum atomic E-state index is -0.295. The summed E-state index contributed by atoms with van der Waals surface area (Å²) in [5.74, 6) is -0.737. The molecule has 0 saturated heterocycles. The number of hydrogen-bond donors (Lipinski definition) is 2. The lowest BCUT2D eigenvalue weighted by molar-refractivity contribution is 0.0947. The fraction of sp³-hybridized carbons (Fsp3) is 0.0769. The second-order valence-electron chi connectivity index (χ2n) is 10.7. The first kappa shape index (κ1) is 29.2. The van der Waals surface area contributed by atoms with Gasteiger partial charge in [0.2, 0.25) is 0 Å². The molecular weight excluding hydrogens is 556 g/mol. The molecule has 6 heteroatoms. The Bertz CT molecular complexity index is 1870. The number of nitrogens with zero attached hydrogens (tertiary/aromatic N) is 2. The standard InChI is InChI=1S/C39H32N4O2/c44-38(31-20-9-3-10-21-31)42-40-36(30-18-7-2-8-19-30)27-35(28-15-5-1-6-16-28)34-26-25-29-17-13-14-24-33(29)37(34)41-43-39(45)32-22-11-4-12-23-32/h1-24,27,34H,25-26H2,(H,42,44)(H,43,45)/b35-27+,40-36-,41-37+. The third kappa shape index (κ3) is 7.03. The van der Waals surface area contributed by atoms with E-state index in [1.165, 1.54) is 5.56 Å². The number of fused-ring (bicyclic) bond motifs is 1. The number of allylic oxidation sites excluding steroid dienone is 2. The van der Waals surface area contributed by atoms with Crippen molar-refractivity contribution in [1.82, 2.24) is 10.9 Å². The van der Waals surface area contributed by atoms with Crippen LogP contribution in [0.4, 0.5) is 0 Å². The number of rotatable bonds is 8. The summed E-state index contributed by atoms with van der Waals surface area (Å²) in [6.45, 7) is 0. The molecule has 1 aliphatic rings. The molecule has 1 unspecified atom stereocenters. The van der Waals surface area contributed by atoms with Crippen LogP contribution in [0.25, 0.3) is 5.57 Å². The van der Waals surface area contributed by atoms with Gasteiger partial charge in [-0.3, -0.25) is 9.59 Å². The summed E-state index contributed by atoms with van der Waals surface area (Å²) in [5, 5.41) is 9.43. The van der Waals surface area contributed by atoms with Gasteiger partial charge in [0.1, 0.15) is 0 Å². The second kappa shape index (κ2) is 14.1. The van der Waals surface area contributed by atoms with E-state index in [1.54, 1.807) is 24.3 Å². The predicted molar refractivity (Wildman–Crippen MR) is 180 cm³/mol. The molecule has 0 saturated carbocycles. The Morgan fingerprint density at radius 2 is 1.07 bits per heavy atom. The van der Waals surface area contributed by atoms with Crippen LogP contribution >= 0.6 is 0 Å². The monoisotopic (exact) mass is 588 g/mol. The van der Waals surface area contributed by atoms with Crippen molar-refractivity contribution < 1.29 is 9.59 Å². The Kier molecular flexibility index (Phi) is 9.12. The molecule has 220 valence electrons. The molecule has 5 aromatic carbocycles. The third-order valence-corrected chi connectivity index (χ3v) is 7.80. The molecular formula is C39H32N4O2. The fourth-order valence-corrected chi connectivity index (χ4v) is 5.54. The molecule has 0 fully saturated rings. The highest BCUT2D eigenvalue weighted by atomic mass is 16.2. The summed E-state index contributed by atoms with van der Waals surface area (Å²) in [6, 6.07) is 46.2. The molecule has 2 amide bonds. The van der Waals surface area contributed by atoms with Gasteiger partial charge in [-0.15, -0.1) is 0 Å². The van der Waals surface area contributed by atoms with Gasteiger partial charge in [-0.05, 0) is 59.9 Å². The number of carbonyl (C=O) groups excluding carboxylic acids is 2. The largest absolute Gasteiger partial charge is 0.271 e. The van der Waals surface area contributed by atoms with E-state index in [4.69, 9.17) is 5.10 Å². The van der Waals surface area contributed by atoms with Crippen LogP contribution < -0.4 is 10.9 Å². The molecule has 5 aromatic rings. The number of hydrogen-bond acceptors (Lipinski definition) is 4. The van der Waals surface area contributed by atoms with Crippen LogP contribution in [0.2, 0.25) is 0 Å². The van der Waals surface area contributed by atoms with Gasteiger partial charge in [0, 0.05) is 28.2 Å². The van der Waals surface area contributed by atoms with Crippen LogP contribution in [0.15, 0.2) is 162 Å². The van der Waals surface area contributed by atoms with Crippen LogP contribution in [-0.2, 0) is 6.42 Å². The maximum atomic E-state index is 13.1. The van der Waals surface area contributed by atoms with Crippen LogP contribution in [0.3, 0.4) is 0 Å². The fourth-order valence-electron chi connectivity index (χ4n) is 5.54. The highest BCUT2D eigenvalue weighted by Gasteiger charge is 2.30. The zero-order valence-corrected chi connectivity index (χ0v) is 24.6. The van der Waals surface area contributed by atoms with Gasteiger partial charge in [-0.1, -0.05) is 121 Å². The molecule has 6 nitrogen and oxygen atoms in total. The van der Waals surface area contributed by atoms with Gasteiger partial charge < -0.3 is 0 Å². The van der Waals surface area contributed by atoms with Gasteiger partial charge in [-0.25, -0.2) is 10.9 Å². The van der Waals surface area contributed by atoms with Crippen molar-refractivity contribution in [2.75, 3.05) is 0 Å². The molecule has 1 atom stereocenters. The van der Waals surface area contributed by atoms with Crippen molar-refractivity contribution in [2.45, 2.75) is 12.8 Å². The molecule has 45 heavy (non-hydrogen) atoms. The first-order valence-electron chi connectivity index (χ1n) is 14.9. The van der Waals surface area contributed by atoms with E-state index >= 15 is 0 Å². The molecule has 1 aliphatic carbocycles. The number of benzene rings is 5. The second-order valence-corrected chi connectivity index (χ2v) is 10.7. The third-order valence-electron chi connectivity index (χ3n) is 7.80. The van der Waals surface area contributed by atoms with E-state index in [-0.39, 0.29) is 17.7 Å². The average Bonchev–Trinajstić information content (AvgIpc) is 3.12. The summed E-state index contributed by atoms with van der Waals surface area (Å²) in [7, 11) is 0. The highest BCUT2D eigenvalue weighted by molar-refractivity contribution is 6.17. The number of amides is 2. The van der Waals surface area contributed by atoms with Crippen molar-refractivity contribution in [3.8, 4) is 0 Å². The van der Waals surface area contributed by atoms with Crippen LogP contribution in [0, 0.1) is 5.92 Å². The molecule has 0 heterocycles. The number of hydrazone groups is 2. The lowest BCUT2D eigenvalue weighted by Crippen LogP contribution is -2.29. The Morgan fingerprint density at radius 1 is 0.578 bits per heavy atom. The Morgan fingerprint density at radius 3 is 1.67 bits per heavy atom. The predicted octanol–water partition coefficient (Wildman–Crippen LogP) is 7.30. The highest BCUT2D eigenvalue weighted by Crippen LogP contribution is 2.36. The molecule has 0 aromatic heterocycles.